The van der Waals surface area contributed by atoms with Crippen molar-refractivity contribution < 1.29 is 49.0 Å². The maximum atomic E-state index is 13.4. The van der Waals surface area contributed by atoms with Gasteiger partial charge >= 0.3 is 29.9 Å². The molecule has 0 aliphatic carbocycles. The van der Waals surface area contributed by atoms with Crippen molar-refractivity contribution in [3.63, 3.8) is 0 Å². The van der Waals surface area contributed by atoms with Gasteiger partial charge in [0.05, 0.1) is 0 Å². The fourth-order valence-corrected chi connectivity index (χ4v) is 2.45. The predicted octanol–water partition coefficient (Wildman–Crippen LogP) is 5.77. The molecule has 0 saturated carbocycles. The molecule has 0 aliphatic heterocycles. The quantitative estimate of drug-likeness (QED) is 0.191. The van der Waals surface area contributed by atoms with Gasteiger partial charge in [-0.25, -0.2) is 0 Å². The Bertz CT molecular complexity index is 469. The molecule has 12 heteroatoms. The molecule has 1 unspecified atom stereocenters. The Hall–Kier alpha value is -0.430. The second-order valence-electron chi connectivity index (χ2n) is 6.28. The lowest BCUT2D eigenvalue weighted by atomic mass is 9.98. The van der Waals surface area contributed by atoms with E-state index in [4.69, 9.17) is 4.74 Å². The molecule has 0 aromatic rings. The molecule has 0 aromatic heterocycles. The highest BCUT2D eigenvalue weighted by Gasteiger charge is 2.81. The number of rotatable bonds is 7. The van der Waals surface area contributed by atoms with Crippen LogP contribution >= 0.6 is 22.6 Å². The summed E-state index contributed by atoms with van der Waals surface area (Å²) in [6, 6.07) is 0. The van der Waals surface area contributed by atoms with E-state index in [9.17, 15) is 44.3 Å². The first kappa shape index (κ1) is 24.6. The van der Waals surface area contributed by atoms with Gasteiger partial charge in [-0.1, -0.05) is 22.6 Å². The molecule has 2 nitrogen and oxygen atoms in total. The zero-order chi connectivity index (χ0) is 20.5. The predicted molar refractivity (Wildman–Crippen MR) is 78.4 cm³/mol. The van der Waals surface area contributed by atoms with Crippen molar-refractivity contribution >= 4 is 28.6 Å². The lowest BCUT2D eigenvalue weighted by Gasteiger charge is -2.34. The molecule has 0 heterocycles. The van der Waals surface area contributed by atoms with Gasteiger partial charge in [0.1, 0.15) is 5.60 Å². The molecule has 0 fully saturated rings. The van der Waals surface area contributed by atoms with Gasteiger partial charge in [-0.05, 0) is 27.2 Å². The Morgan fingerprint density at radius 1 is 0.920 bits per heavy atom. The number of hydrogen-bond donors (Lipinski definition) is 0. The van der Waals surface area contributed by atoms with E-state index >= 15 is 0 Å². The average molecular weight is 502 g/mol. The molecule has 0 N–H and O–H groups in total. The van der Waals surface area contributed by atoms with Gasteiger partial charge in [0.15, 0.2) is 0 Å². The highest BCUT2D eigenvalue weighted by Crippen LogP contribution is 2.54. The van der Waals surface area contributed by atoms with Gasteiger partial charge in [0.25, 0.3) is 0 Å². The third-order valence-corrected chi connectivity index (χ3v) is 3.83. The maximum absolute atomic E-state index is 13.4. The van der Waals surface area contributed by atoms with Crippen LogP contribution in [0, 0.1) is 0 Å². The van der Waals surface area contributed by atoms with E-state index < -0.39 is 58.7 Å². The second kappa shape index (κ2) is 7.67. The molecule has 0 aliphatic rings. The van der Waals surface area contributed by atoms with Crippen LogP contribution in [0.4, 0.5) is 39.5 Å². The first-order valence-electron chi connectivity index (χ1n) is 6.81. The molecule has 0 spiro atoms. The molecule has 0 rings (SSSR count). The van der Waals surface area contributed by atoms with Crippen molar-refractivity contribution in [2.75, 3.05) is 0 Å². The van der Waals surface area contributed by atoms with Gasteiger partial charge in [0.2, 0.25) is 0 Å². The van der Waals surface area contributed by atoms with E-state index in [2.05, 4.69) is 0 Å². The van der Waals surface area contributed by atoms with Crippen LogP contribution in [0.25, 0.3) is 0 Å². The van der Waals surface area contributed by atoms with Crippen LogP contribution in [0.1, 0.15) is 40.0 Å². The molecule has 1 atom stereocenters. The van der Waals surface area contributed by atoms with Crippen LogP contribution in [0.3, 0.4) is 0 Å². The molecule has 25 heavy (non-hydrogen) atoms. The number of carbonyl (C=O) groups excluding carboxylic acids is 1. The number of hydrogen-bond acceptors (Lipinski definition) is 2. The Labute approximate surface area is 151 Å². The Kier molecular flexibility index (Phi) is 7.54. The number of carbonyl (C=O) groups is 1. The van der Waals surface area contributed by atoms with Crippen LogP contribution in [0.2, 0.25) is 0 Å². The number of alkyl halides is 10. The third-order valence-electron chi connectivity index (χ3n) is 2.77. The summed E-state index contributed by atoms with van der Waals surface area (Å²) >= 11 is 1.18. The molecular weight excluding hydrogens is 486 g/mol. The highest BCUT2D eigenvalue weighted by atomic mass is 127. The van der Waals surface area contributed by atoms with Crippen LogP contribution in [-0.2, 0) is 9.53 Å². The lowest BCUT2D eigenvalue weighted by molar-refractivity contribution is -0.396. The summed E-state index contributed by atoms with van der Waals surface area (Å²) in [5.41, 5.74) is -0.885. The molecule has 0 saturated heterocycles. The van der Waals surface area contributed by atoms with E-state index in [1.165, 1.54) is 43.4 Å². The normalized spacial score (nSPS) is 15.9. The van der Waals surface area contributed by atoms with Gasteiger partial charge in [-0.15, -0.1) is 0 Å². The zero-order valence-corrected chi connectivity index (χ0v) is 15.5. The lowest BCUT2D eigenvalue weighted by Crippen LogP contribution is -2.61. The summed E-state index contributed by atoms with van der Waals surface area (Å²) in [6.45, 7) is 4.54. The molecule has 0 amide bonds. The van der Waals surface area contributed by atoms with Crippen molar-refractivity contribution in [3.05, 3.63) is 0 Å². The molecule has 0 radical (unpaired) electrons. The largest absolute Gasteiger partial charge is 0.460 e. The topological polar surface area (TPSA) is 26.3 Å². The SMILES string of the molecule is CC(C)(C)OC(=O)CCC(I)CC(F)(F)C(F)(F)C(F)(F)C(F)(F)F. The van der Waals surface area contributed by atoms with Crippen LogP contribution in [-0.4, -0.2) is 39.4 Å². The number of ether oxygens (including phenoxy) is 1. The Morgan fingerprint density at radius 3 is 1.72 bits per heavy atom. The maximum Gasteiger partial charge on any atom is 0.460 e. The highest BCUT2D eigenvalue weighted by molar-refractivity contribution is 14.1. The standard InChI is InChI=1S/C13H16F9IO2/c1-9(2,3)25-8(24)5-4-7(23)6-10(14,15)11(16,17)12(18,19)13(20,21)22/h7H,4-6H2,1-3H3. The first-order valence-corrected chi connectivity index (χ1v) is 8.05. The average Bonchev–Trinajstić information content (AvgIpc) is 2.31. The zero-order valence-electron chi connectivity index (χ0n) is 13.3. The van der Waals surface area contributed by atoms with E-state index in [-0.39, 0.29) is 0 Å². The summed E-state index contributed by atoms with van der Waals surface area (Å²) in [5, 5.41) is 0. The number of halogens is 10. The fourth-order valence-electron chi connectivity index (χ4n) is 1.58. The minimum atomic E-state index is -6.90. The second-order valence-corrected chi connectivity index (χ2v) is 8.04. The van der Waals surface area contributed by atoms with E-state index in [0.29, 0.717) is 0 Å². The van der Waals surface area contributed by atoms with Gasteiger partial charge in [-0.3, -0.25) is 4.79 Å². The Balaban J connectivity index is 4.98. The molecule has 150 valence electrons. The minimum absolute atomic E-state index is 0.460. The minimum Gasteiger partial charge on any atom is -0.460 e. The van der Waals surface area contributed by atoms with Crippen LogP contribution < -0.4 is 0 Å². The van der Waals surface area contributed by atoms with Crippen molar-refractivity contribution in [1.29, 1.82) is 0 Å². The van der Waals surface area contributed by atoms with Crippen molar-refractivity contribution in [1.82, 2.24) is 0 Å². The summed E-state index contributed by atoms with van der Waals surface area (Å²) in [6.07, 6.45) is -9.74. The summed E-state index contributed by atoms with van der Waals surface area (Å²) in [4.78, 5) is 11.4. The fraction of sp³-hybridized carbons (Fsp3) is 0.923. The molecule has 0 bridgehead atoms. The van der Waals surface area contributed by atoms with Crippen molar-refractivity contribution in [2.24, 2.45) is 0 Å². The van der Waals surface area contributed by atoms with Crippen molar-refractivity contribution in [2.45, 2.75) is 73.5 Å². The van der Waals surface area contributed by atoms with Crippen LogP contribution in [0.15, 0.2) is 0 Å². The third kappa shape index (κ3) is 6.35. The smallest absolute Gasteiger partial charge is 0.460 e. The Morgan fingerprint density at radius 2 is 1.36 bits per heavy atom. The van der Waals surface area contributed by atoms with E-state index in [1.807, 2.05) is 0 Å². The molecular formula is C13H16F9IO2. The molecule has 0 aromatic carbocycles. The van der Waals surface area contributed by atoms with Crippen LogP contribution in [0.5, 0.6) is 0 Å². The number of esters is 1. The first-order chi connectivity index (χ1) is 10.7. The monoisotopic (exact) mass is 502 g/mol. The summed E-state index contributed by atoms with van der Waals surface area (Å²) in [5.74, 6) is -20.0. The van der Waals surface area contributed by atoms with Gasteiger partial charge < -0.3 is 4.74 Å². The van der Waals surface area contributed by atoms with Crippen molar-refractivity contribution in [3.8, 4) is 0 Å². The summed E-state index contributed by atoms with van der Waals surface area (Å²) in [7, 11) is 0. The van der Waals surface area contributed by atoms with Gasteiger partial charge in [-0.2, -0.15) is 39.5 Å². The van der Waals surface area contributed by atoms with E-state index in [0.717, 1.165) is 0 Å². The van der Waals surface area contributed by atoms with E-state index in [1.54, 1.807) is 0 Å². The summed E-state index contributed by atoms with van der Waals surface area (Å²) < 4.78 is 118. The van der Waals surface area contributed by atoms with Gasteiger partial charge in [0, 0.05) is 16.8 Å².